The lowest BCUT2D eigenvalue weighted by Crippen LogP contribution is -2.35. The molecule has 0 radical (unpaired) electrons. The van der Waals surface area contributed by atoms with Crippen LogP contribution in [-0.2, 0) is 16.1 Å². The highest BCUT2D eigenvalue weighted by Gasteiger charge is 2.37. The van der Waals surface area contributed by atoms with Gasteiger partial charge in [0.05, 0.1) is 12.2 Å². The lowest BCUT2D eigenvalue weighted by molar-refractivity contribution is -0.219. The Morgan fingerprint density at radius 2 is 2.00 bits per heavy atom. The summed E-state index contributed by atoms with van der Waals surface area (Å²) in [5.41, 5.74) is 0.910. The largest absolute Gasteiger partial charge is 0.445 e. The van der Waals surface area contributed by atoms with Gasteiger partial charge in [0, 0.05) is 6.04 Å². The van der Waals surface area contributed by atoms with Crippen molar-refractivity contribution in [1.82, 2.24) is 5.32 Å². The quantitative estimate of drug-likeness (QED) is 0.718. The van der Waals surface area contributed by atoms with Crippen LogP contribution in [0.2, 0.25) is 0 Å². The van der Waals surface area contributed by atoms with E-state index in [1.165, 1.54) is 13.8 Å². The number of ether oxygens (including phenoxy) is 2. The lowest BCUT2D eigenvalue weighted by atomic mass is 10.2. The number of hydrogen-bond donors (Lipinski definition) is 3. The SMILES string of the molecule is CC(C)(O)OC1C[C@H](NC(=O)OCc2ccccc2)C[C@@H]1O. The van der Waals surface area contributed by atoms with Gasteiger partial charge in [-0.1, -0.05) is 30.3 Å². The molecular weight excluding hydrogens is 286 g/mol. The maximum Gasteiger partial charge on any atom is 0.407 e. The van der Waals surface area contributed by atoms with E-state index in [0.717, 1.165) is 5.56 Å². The van der Waals surface area contributed by atoms with Crippen LogP contribution in [0.5, 0.6) is 0 Å². The van der Waals surface area contributed by atoms with Crippen molar-refractivity contribution in [3.8, 4) is 0 Å². The normalized spacial score (nSPS) is 25.0. The highest BCUT2D eigenvalue weighted by molar-refractivity contribution is 5.67. The Morgan fingerprint density at radius 1 is 1.32 bits per heavy atom. The molecule has 1 fully saturated rings. The Kier molecular flexibility index (Phi) is 5.39. The van der Waals surface area contributed by atoms with Gasteiger partial charge in [-0.25, -0.2) is 4.79 Å². The van der Waals surface area contributed by atoms with E-state index in [-0.39, 0.29) is 12.6 Å². The predicted molar refractivity (Wildman–Crippen MR) is 80.0 cm³/mol. The molecule has 2 rings (SSSR count). The Bertz CT molecular complexity index is 485. The first kappa shape index (κ1) is 16.7. The number of aliphatic hydroxyl groups excluding tert-OH is 1. The Labute approximate surface area is 130 Å². The van der Waals surface area contributed by atoms with Crippen LogP contribution in [0, 0.1) is 0 Å². The summed E-state index contributed by atoms with van der Waals surface area (Å²) in [7, 11) is 0. The van der Waals surface area contributed by atoms with Crippen LogP contribution in [0.15, 0.2) is 30.3 Å². The fourth-order valence-corrected chi connectivity index (χ4v) is 2.52. The van der Waals surface area contributed by atoms with Crippen molar-refractivity contribution in [3.05, 3.63) is 35.9 Å². The summed E-state index contributed by atoms with van der Waals surface area (Å²) in [6.07, 6.45) is -0.928. The molecule has 1 aromatic carbocycles. The van der Waals surface area contributed by atoms with E-state index in [1.807, 2.05) is 30.3 Å². The molecule has 0 saturated heterocycles. The molecule has 0 aliphatic heterocycles. The van der Waals surface area contributed by atoms with Crippen molar-refractivity contribution in [1.29, 1.82) is 0 Å². The number of alkyl carbamates (subject to hydrolysis) is 1. The first-order valence-corrected chi connectivity index (χ1v) is 7.39. The summed E-state index contributed by atoms with van der Waals surface area (Å²) in [5.74, 6) is -1.31. The van der Waals surface area contributed by atoms with E-state index in [9.17, 15) is 15.0 Å². The van der Waals surface area contributed by atoms with Crippen LogP contribution in [0.25, 0.3) is 0 Å². The van der Waals surface area contributed by atoms with Crippen molar-refractivity contribution in [2.24, 2.45) is 0 Å². The third-order valence-corrected chi connectivity index (χ3v) is 3.45. The minimum Gasteiger partial charge on any atom is -0.445 e. The predicted octanol–water partition coefficient (Wildman–Crippen LogP) is 1.55. The molecular formula is C16H23NO5. The summed E-state index contributed by atoms with van der Waals surface area (Å²) in [5, 5.41) is 22.3. The average molecular weight is 309 g/mol. The molecule has 122 valence electrons. The third-order valence-electron chi connectivity index (χ3n) is 3.45. The van der Waals surface area contributed by atoms with E-state index >= 15 is 0 Å². The molecule has 3 N–H and O–H groups in total. The zero-order valence-electron chi connectivity index (χ0n) is 12.9. The number of carbonyl (C=O) groups excluding carboxylic acids is 1. The van der Waals surface area contributed by atoms with Gasteiger partial charge in [-0.2, -0.15) is 0 Å². The Hall–Kier alpha value is -1.63. The van der Waals surface area contributed by atoms with Gasteiger partial charge in [0.1, 0.15) is 6.61 Å². The minimum absolute atomic E-state index is 0.200. The first-order chi connectivity index (χ1) is 10.3. The molecule has 1 aliphatic rings. The van der Waals surface area contributed by atoms with E-state index in [0.29, 0.717) is 12.8 Å². The van der Waals surface area contributed by atoms with Crippen LogP contribution in [0.1, 0.15) is 32.3 Å². The van der Waals surface area contributed by atoms with Gasteiger partial charge in [0.25, 0.3) is 0 Å². The van der Waals surface area contributed by atoms with Gasteiger partial charge in [-0.05, 0) is 32.3 Å². The molecule has 0 heterocycles. The van der Waals surface area contributed by atoms with Crippen molar-refractivity contribution >= 4 is 6.09 Å². The number of amides is 1. The third kappa shape index (κ3) is 5.29. The van der Waals surface area contributed by atoms with Gasteiger partial charge in [0.15, 0.2) is 5.79 Å². The van der Waals surface area contributed by atoms with Gasteiger partial charge >= 0.3 is 6.09 Å². The summed E-state index contributed by atoms with van der Waals surface area (Å²) in [6.45, 7) is 3.22. The van der Waals surface area contributed by atoms with Crippen molar-refractivity contribution < 1.29 is 24.5 Å². The highest BCUT2D eigenvalue weighted by Crippen LogP contribution is 2.26. The molecule has 6 heteroatoms. The smallest absolute Gasteiger partial charge is 0.407 e. The van der Waals surface area contributed by atoms with Gasteiger partial charge in [-0.15, -0.1) is 0 Å². The average Bonchev–Trinajstić information content (AvgIpc) is 2.75. The summed E-state index contributed by atoms with van der Waals surface area (Å²) in [4.78, 5) is 11.8. The highest BCUT2D eigenvalue weighted by atomic mass is 16.6. The Morgan fingerprint density at radius 3 is 2.64 bits per heavy atom. The van der Waals surface area contributed by atoms with Crippen molar-refractivity contribution in [2.75, 3.05) is 0 Å². The second-order valence-corrected chi connectivity index (χ2v) is 6.04. The fourth-order valence-electron chi connectivity index (χ4n) is 2.52. The number of carbonyl (C=O) groups is 1. The summed E-state index contributed by atoms with van der Waals surface area (Å²) >= 11 is 0. The van der Waals surface area contributed by atoms with E-state index < -0.39 is 24.1 Å². The van der Waals surface area contributed by atoms with E-state index in [2.05, 4.69) is 5.32 Å². The van der Waals surface area contributed by atoms with Crippen molar-refractivity contribution in [3.63, 3.8) is 0 Å². The van der Waals surface area contributed by atoms with Crippen LogP contribution >= 0.6 is 0 Å². The van der Waals surface area contributed by atoms with Crippen molar-refractivity contribution in [2.45, 2.75) is 57.3 Å². The molecule has 0 spiro atoms. The molecule has 1 unspecified atom stereocenters. The Balaban J connectivity index is 1.76. The number of benzene rings is 1. The van der Waals surface area contributed by atoms with Crippen LogP contribution in [0.4, 0.5) is 4.79 Å². The molecule has 0 aromatic heterocycles. The molecule has 22 heavy (non-hydrogen) atoms. The molecule has 1 aliphatic carbocycles. The van der Waals surface area contributed by atoms with Gasteiger partial charge < -0.3 is 25.0 Å². The maximum absolute atomic E-state index is 11.8. The minimum atomic E-state index is -1.31. The monoisotopic (exact) mass is 309 g/mol. The topological polar surface area (TPSA) is 88.0 Å². The summed E-state index contributed by atoms with van der Waals surface area (Å²) in [6, 6.07) is 9.17. The lowest BCUT2D eigenvalue weighted by Gasteiger charge is -2.25. The van der Waals surface area contributed by atoms with Crippen LogP contribution < -0.4 is 5.32 Å². The standard InChI is InChI=1S/C16H23NO5/c1-16(2,20)22-14-9-12(8-13(14)18)17-15(19)21-10-11-6-4-3-5-7-11/h3-7,12-14,18,20H,8-10H2,1-2H3,(H,17,19)/t12-,13+,14?/m1/s1. The zero-order chi connectivity index (χ0) is 16.2. The van der Waals surface area contributed by atoms with Gasteiger partial charge in [-0.3, -0.25) is 0 Å². The molecule has 0 bridgehead atoms. The van der Waals surface area contributed by atoms with Gasteiger partial charge in [0.2, 0.25) is 0 Å². The van der Waals surface area contributed by atoms with Crippen LogP contribution in [-0.4, -0.2) is 40.3 Å². The first-order valence-electron chi connectivity index (χ1n) is 7.39. The molecule has 1 amide bonds. The zero-order valence-corrected chi connectivity index (χ0v) is 12.9. The van der Waals surface area contributed by atoms with E-state index in [1.54, 1.807) is 0 Å². The second-order valence-electron chi connectivity index (χ2n) is 6.04. The number of nitrogens with one attached hydrogen (secondary N) is 1. The number of aliphatic hydroxyl groups is 2. The molecule has 1 saturated carbocycles. The van der Waals surface area contributed by atoms with Crippen LogP contribution in [0.3, 0.4) is 0 Å². The maximum atomic E-state index is 11.8. The molecule has 3 atom stereocenters. The molecule has 1 aromatic rings. The second kappa shape index (κ2) is 7.09. The number of hydrogen-bond acceptors (Lipinski definition) is 5. The fraction of sp³-hybridized carbons (Fsp3) is 0.562. The molecule has 6 nitrogen and oxygen atoms in total. The number of rotatable bonds is 5. The van der Waals surface area contributed by atoms with E-state index in [4.69, 9.17) is 9.47 Å². The summed E-state index contributed by atoms with van der Waals surface area (Å²) < 4.78 is 10.5.